The topological polar surface area (TPSA) is 54.8 Å². The van der Waals surface area contributed by atoms with E-state index in [4.69, 9.17) is 9.60 Å². The molecule has 0 saturated carbocycles. The summed E-state index contributed by atoms with van der Waals surface area (Å²) >= 11 is 0.757. The van der Waals surface area contributed by atoms with Crippen molar-refractivity contribution >= 4 is 28.6 Å². The van der Waals surface area contributed by atoms with Gasteiger partial charge >= 0.3 is 6.18 Å². The lowest BCUT2D eigenvalue weighted by atomic mass is 9.96. The molecule has 1 unspecified atom stereocenters. The van der Waals surface area contributed by atoms with Gasteiger partial charge in [0.1, 0.15) is 6.54 Å². The van der Waals surface area contributed by atoms with Crippen LogP contribution >= 0.6 is 11.8 Å². The molecule has 12 heteroatoms. The second kappa shape index (κ2) is 16.7. The molecule has 0 aliphatic carbocycles. The Morgan fingerprint density at radius 1 is 1.02 bits per heavy atom. The van der Waals surface area contributed by atoms with E-state index in [2.05, 4.69) is 4.74 Å². The molecule has 1 amide bonds. The molecule has 1 saturated heterocycles. The van der Waals surface area contributed by atoms with Gasteiger partial charge in [-0.2, -0.15) is 13.2 Å². The second-order valence-corrected chi connectivity index (χ2v) is 12.7. The van der Waals surface area contributed by atoms with Gasteiger partial charge in [-0.05, 0) is 66.7 Å². The Morgan fingerprint density at radius 3 is 2.38 bits per heavy atom. The number of fused-ring (bicyclic) bond motifs is 1. The number of ether oxygens (including phenoxy) is 1. The third-order valence-corrected chi connectivity index (χ3v) is 9.46. The zero-order valence-electron chi connectivity index (χ0n) is 40.9. The van der Waals surface area contributed by atoms with Crippen LogP contribution in [-0.2, 0) is 28.0 Å². The van der Waals surface area contributed by atoms with Crippen LogP contribution in [0.3, 0.4) is 0 Å². The van der Waals surface area contributed by atoms with Crippen LogP contribution in [0.5, 0.6) is 0 Å². The van der Waals surface area contributed by atoms with Gasteiger partial charge in [0, 0.05) is 66.3 Å². The van der Waals surface area contributed by atoms with Gasteiger partial charge in [-0.25, -0.2) is 8.78 Å². The van der Waals surface area contributed by atoms with Crippen LogP contribution in [0.15, 0.2) is 107 Å². The van der Waals surface area contributed by atoms with Gasteiger partial charge in [0.05, 0.1) is 35.6 Å². The number of hydrogen-bond acceptors (Lipinski definition) is 5. The van der Waals surface area contributed by atoms with Crippen molar-refractivity contribution in [3.05, 3.63) is 136 Å². The molecule has 0 spiro atoms. The van der Waals surface area contributed by atoms with Crippen molar-refractivity contribution < 1.29 is 49.3 Å². The minimum absolute atomic E-state index is 0.0108. The molecule has 6 nitrogen and oxygen atoms in total. The summed E-state index contributed by atoms with van der Waals surface area (Å²) in [5.74, 6) is -4.19. The number of para-hydroxylation sites is 1. The number of carbonyl (C=O) groups excluding carboxylic acids is 1. The van der Waals surface area contributed by atoms with Crippen LogP contribution in [0.1, 0.15) is 60.2 Å². The first kappa shape index (κ1) is 24.7. The molecular formula is C41H40F5N3O3S. The molecular weight excluding hydrogens is 710 g/mol. The van der Waals surface area contributed by atoms with Crippen molar-refractivity contribution in [1.82, 2.24) is 14.4 Å². The zero-order valence-corrected chi connectivity index (χ0v) is 28.7. The maximum atomic E-state index is 15.4. The Kier molecular flexibility index (Phi) is 7.77. The van der Waals surface area contributed by atoms with E-state index in [1.807, 2.05) is 0 Å². The number of benzene rings is 4. The van der Waals surface area contributed by atoms with Gasteiger partial charge in [-0.15, -0.1) is 11.8 Å². The summed E-state index contributed by atoms with van der Waals surface area (Å²) in [4.78, 5) is 28.8. The highest BCUT2D eigenvalue weighted by Gasteiger charge is 2.33. The van der Waals surface area contributed by atoms with Crippen LogP contribution in [0, 0.1) is 11.6 Å². The molecule has 1 aliphatic heterocycles. The van der Waals surface area contributed by atoms with E-state index in [0.717, 1.165) is 47.5 Å². The molecule has 0 bridgehead atoms. The summed E-state index contributed by atoms with van der Waals surface area (Å²) in [7, 11) is -3.08. The molecule has 2 heterocycles. The highest BCUT2D eigenvalue weighted by Crippen LogP contribution is 2.34. The zero-order chi connectivity index (χ0) is 49.2. The average molecular weight is 763 g/mol. The lowest BCUT2D eigenvalue weighted by Crippen LogP contribution is -2.49. The smallest absolute Gasteiger partial charge is 0.383 e. The molecule has 1 aromatic heterocycles. The van der Waals surface area contributed by atoms with Crippen molar-refractivity contribution in [2.75, 3.05) is 33.2 Å². The molecule has 5 aromatic rings. The Hall–Kier alpha value is -4.52. The summed E-state index contributed by atoms with van der Waals surface area (Å²) in [5, 5.41) is -0.0693. The number of nitrogens with zero attached hydrogens (tertiary/aromatic N) is 3. The molecule has 53 heavy (non-hydrogen) atoms. The van der Waals surface area contributed by atoms with Crippen molar-refractivity contribution in [3.63, 3.8) is 0 Å². The molecule has 0 N–H and O–H groups in total. The number of hydrogen-bond donors (Lipinski definition) is 0. The third-order valence-electron chi connectivity index (χ3n) is 8.37. The molecule has 1 aliphatic rings. The molecule has 6 rings (SSSR count). The largest absolute Gasteiger partial charge is 0.416 e. The number of carbonyl (C=O) groups is 1. The van der Waals surface area contributed by atoms with Crippen LogP contribution in [-0.4, -0.2) is 59.5 Å². The number of amides is 1. The lowest BCUT2D eigenvalue weighted by Gasteiger charge is -2.42. The minimum Gasteiger partial charge on any atom is -0.383 e. The second-order valence-electron chi connectivity index (χ2n) is 11.7. The highest BCUT2D eigenvalue weighted by molar-refractivity contribution is 7.98. The summed E-state index contributed by atoms with van der Waals surface area (Å²) in [6, 6.07) is 12.3. The number of thioether (sulfide) groups is 1. The number of halogens is 5. The number of methoxy groups -OCH3 is 1. The molecule has 278 valence electrons. The first-order valence-corrected chi connectivity index (χ1v) is 17.0. The number of piperidine rings is 1. The van der Waals surface area contributed by atoms with E-state index in [1.165, 1.54) is 72.8 Å². The first-order chi connectivity index (χ1) is 30.3. The summed E-state index contributed by atoms with van der Waals surface area (Å²) in [6.45, 7) is -9.78. The number of alkyl halides is 3. The summed E-state index contributed by atoms with van der Waals surface area (Å²) in [6.07, 6.45) is -12.7. The fourth-order valence-electron chi connectivity index (χ4n) is 5.63. The summed E-state index contributed by atoms with van der Waals surface area (Å²) < 4.78 is 190. The predicted molar refractivity (Wildman–Crippen MR) is 198 cm³/mol. The van der Waals surface area contributed by atoms with Gasteiger partial charge in [0.25, 0.3) is 0 Å². The Labute approximate surface area is 327 Å². The maximum Gasteiger partial charge on any atom is 0.416 e. The van der Waals surface area contributed by atoms with Crippen LogP contribution in [0.25, 0.3) is 22.0 Å². The van der Waals surface area contributed by atoms with Gasteiger partial charge in [0.15, 0.2) is 17.1 Å². The van der Waals surface area contributed by atoms with Crippen LogP contribution < -0.4 is 5.43 Å². The quantitative estimate of drug-likeness (QED) is 0.0939. The van der Waals surface area contributed by atoms with E-state index < -0.39 is 99.2 Å². The molecule has 1 fully saturated rings. The van der Waals surface area contributed by atoms with E-state index in [-0.39, 0.29) is 53.7 Å². The third kappa shape index (κ3) is 8.83. The Bertz CT molecular complexity index is 2660. The van der Waals surface area contributed by atoms with Crippen molar-refractivity contribution in [2.45, 2.75) is 55.2 Å². The predicted octanol–water partition coefficient (Wildman–Crippen LogP) is 8.96. The normalized spacial score (nSPS) is 23.6. The number of rotatable bonds is 12. The van der Waals surface area contributed by atoms with E-state index in [1.54, 1.807) is 0 Å². The standard InChI is InChI=1S/C41H40F5N3O3S/c1-27(28-10-12-29(13-11-28)30-14-16-32(17-15-30)41(44,45)46)49(33-18-20-47(21-19-33)22-23-52-2)38(51)25-48-36-9-4-3-7-34(36)37(50)24-39(48)53-26-31-6-5-8-35(42)40(31)43/h3-17,24,27,33H,18-23,25-26H2,1-2H3/i2D3,18D2,19D2,20D2,21D2,27D,33D. The maximum absolute atomic E-state index is 15.4. The lowest BCUT2D eigenvalue weighted by molar-refractivity contribution is -0.138. The fraction of sp³-hybridized carbons (Fsp3) is 0.317. The van der Waals surface area contributed by atoms with Gasteiger partial charge < -0.3 is 19.1 Å². The van der Waals surface area contributed by atoms with Crippen molar-refractivity contribution in [1.29, 1.82) is 0 Å². The minimum atomic E-state index is -4.64. The first-order valence-electron chi connectivity index (χ1n) is 22.5. The van der Waals surface area contributed by atoms with Crippen LogP contribution in [0.4, 0.5) is 22.0 Å². The van der Waals surface area contributed by atoms with Crippen molar-refractivity contribution in [3.8, 4) is 11.1 Å². The average Bonchev–Trinajstić information content (AvgIpc) is 3.22. The number of pyridine rings is 1. The van der Waals surface area contributed by atoms with Gasteiger partial charge in [-0.3, -0.25) is 9.59 Å². The molecule has 0 radical (unpaired) electrons. The van der Waals surface area contributed by atoms with Crippen LogP contribution in [0.2, 0.25) is 0 Å². The fourth-order valence-corrected chi connectivity index (χ4v) is 6.66. The number of likely N-dealkylation sites (tertiary alicyclic amines) is 1. The summed E-state index contributed by atoms with van der Waals surface area (Å²) in [5.41, 5.74) is -1.40. The Morgan fingerprint density at radius 2 is 1.70 bits per heavy atom. The van der Waals surface area contributed by atoms with E-state index >= 15 is 4.79 Å². The van der Waals surface area contributed by atoms with E-state index in [0.29, 0.717) is 0 Å². The number of aromatic nitrogens is 1. The van der Waals surface area contributed by atoms with Gasteiger partial charge in [-0.1, -0.05) is 60.7 Å². The van der Waals surface area contributed by atoms with Crippen molar-refractivity contribution in [2.24, 2.45) is 0 Å². The highest BCUT2D eigenvalue weighted by atomic mass is 32.2. The molecule has 1 atom stereocenters. The molecule has 4 aromatic carbocycles. The van der Waals surface area contributed by atoms with Gasteiger partial charge in [0.2, 0.25) is 5.91 Å². The Balaban J connectivity index is 1.54. The monoisotopic (exact) mass is 762 g/mol. The SMILES string of the molecule is [2H]C([2H])([2H])OCCN1C([2H])([2H])C([2H])([2H])C([2H])(N(C(=O)Cn2c(SCc3cccc(F)c3F)cc(=O)c3ccccc32)C([2H])(C)c2ccc(-c3ccc(C(F)(F)F)cc3)cc2)C([2H])([2H])C1([2H])[2H]. The van der Waals surface area contributed by atoms with E-state index in [9.17, 15) is 35.0 Å².